The summed E-state index contributed by atoms with van der Waals surface area (Å²) < 4.78 is 2.12. The Morgan fingerprint density at radius 2 is 2.29 bits per heavy atom. The van der Waals surface area contributed by atoms with E-state index in [4.69, 9.17) is 5.26 Å². The molecule has 0 aromatic carbocycles. The first-order valence-electron chi connectivity index (χ1n) is 5.00. The summed E-state index contributed by atoms with van der Waals surface area (Å²) in [5.41, 5.74) is -0.241. The first-order chi connectivity index (χ1) is 6.59. The smallest absolute Gasteiger partial charge is 0.108 e. The Hall–Kier alpha value is -1.30. The zero-order valence-electron chi connectivity index (χ0n) is 9.12. The maximum Gasteiger partial charge on any atom is 0.108 e. The third-order valence-electron chi connectivity index (χ3n) is 2.40. The highest BCUT2D eigenvalue weighted by atomic mass is 15.1. The number of aromatic nitrogens is 2. The molecule has 0 saturated carbocycles. The molecule has 3 heteroatoms. The van der Waals surface area contributed by atoms with Crippen molar-refractivity contribution < 1.29 is 0 Å². The standard InChI is InChI=1S/C11H17N3/c1-4-10-13-6-8-14(10)7-5-11(2,3)9-12/h6,8H,4-5,7H2,1-3H3. The zero-order valence-corrected chi connectivity index (χ0v) is 9.12. The quantitative estimate of drug-likeness (QED) is 0.733. The Labute approximate surface area is 85.4 Å². The van der Waals surface area contributed by atoms with Crippen LogP contribution in [-0.4, -0.2) is 9.55 Å². The van der Waals surface area contributed by atoms with E-state index in [9.17, 15) is 0 Å². The van der Waals surface area contributed by atoms with E-state index in [0.717, 1.165) is 25.2 Å². The molecule has 1 rings (SSSR count). The normalized spacial score (nSPS) is 11.3. The number of aryl methyl sites for hydroxylation is 2. The van der Waals surface area contributed by atoms with Crippen LogP contribution in [0.25, 0.3) is 0 Å². The molecule has 1 aromatic heterocycles. The highest BCUT2D eigenvalue weighted by molar-refractivity contribution is 4.95. The second-order valence-corrected chi connectivity index (χ2v) is 4.14. The molecule has 0 amide bonds. The van der Waals surface area contributed by atoms with Crippen molar-refractivity contribution in [2.75, 3.05) is 0 Å². The maximum absolute atomic E-state index is 8.87. The zero-order chi connectivity index (χ0) is 10.6. The second kappa shape index (κ2) is 4.28. The number of hydrogen-bond acceptors (Lipinski definition) is 2. The van der Waals surface area contributed by atoms with Crippen molar-refractivity contribution in [2.24, 2.45) is 5.41 Å². The van der Waals surface area contributed by atoms with E-state index in [2.05, 4.69) is 22.5 Å². The van der Waals surface area contributed by atoms with Crippen LogP contribution in [0.1, 0.15) is 33.0 Å². The van der Waals surface area contributed by atoms with Gasteiger partial charge in [-0.2, -0.15) is 5.26 Å². The van der Waals surface area contributed by atoms with Gasteiger partial charge in [-0.1, -0.05) is 6.92 Å². The van der Waals surface area contributed by atoms with Crippen molar-refractivity contribution in [3.05, 3.63) is 18.2 Å². The molecule has 1 aromatic rings. The van der Waals surface area contributed by atoms with Crippen molar-refractivity contribution in [1.82, 2.24) is 9.55 Å². The van der Waals surface area contributed by atoms with E-state index in [1.54, 1.807) is 0 Å². The lowest BCUT2D eigenvalue weighted by Crippen LogP contribution is -2.13. The second-order valence-electron chi connectivity index (χ2n) is 4.14. The van der Waals surface area contributed by atoms with Gasteiger partial charge in [0.05, 0.1) is 11.5 Å². The molecule has 0 atom stereocenters. The van der Waals surface area contributed by atoms with Crippen LogP contribution in [0.3, 0.4) is 0 Å². The van der Waals surface area contributed by atoms with E-state index >= 15 is 0 Å². The van der Waals surface area contributed by atoms with Gasteiger partial charge in [0.15, 0.2) is 0 Å². The molecule has 0 aliphatic carbocycles. The number of hydrogen-bond donors (Lipinski definition) is 0. The number of nitrogens with zero attached hydrogens (tertiary/aromatic N) is 3. The lowest BCUT2D eigenvalue weighted by Gasteiger charge is -2.15. The summed E-state index contributed by atoms with van der Waals surface area (Å²) in [5.74, 6) is 1.10. The summed E-state index contributed by atoms with van der Waals surface area (Å²) in [6.07, 6.45) is 5.61. The molecule has 0 radical (unpaired) electrons. The van der Waals surface area contributed by atoms with Gasteiger partial charge in [-0.15, -0.1) is 0 Å². The summed E-state index contributed by atoms with van der Waals surface area (Å²) in [5, 5.41) is 8.87. The first kappa shape index (κ1) is 10.8. The Balaban J connectivity index is 2.59. The third kappa shape index (κ3) is 2.59. The molecule has 14 heavy (non-hydrogen) atoms. The fourth-order valence-corrected chi connectivity index (χ4v) is 1.31. The van der Waals surface area contributed by atoms with Crippen molar-refractivity contribution in [2.45, 2.75) is 40.2 Å². The van der Waals surface area contributed by atoms with Crippen molar-refractivity contribution in [3.63, 3.8) is 0 Å². The molecule has 76 valence electrons. The minimum Gasteiger partial charge on any atom is -0.335 e. The Kier molecular flexibility index (Phi) is 3.29. The summed E-state index contributed by atoms with van der Waals surface area (Å²) in [6, 6.07) is 2.31. The molecule has 0 aliphatic heterocycles. The largest absolute Gasteiger partial charge is 0.335 e. The minimum absolute atomic E-state index is 0.241. The average molecular weight is 191 g/mol. The molecule has 0 spiro atoms. The summed E-state index contributed by atoms with van der Waals surface area (Å²) in [7, 11) is 0. The van der Waals surface area contributed by atoms with Crippen LogP contribution < -0.4 is 0 Å². The molecule has 0 N–H and O–H groups in total. The molecule has 0 fully saturated rings. The lowest BCUT2D eigenvalue weighted by molar-refractivity contribution is 0.409. The van der Waals surface area contributed by atoms with Crippen LogP contribution in [0.2, 0.25) is 0 Å². The van der Waals surface area contributed by atoms with Gasteiger partial charge in [0, 0.05) is 25.4 Å². The molecule has 1 heterocycles. The van der Waals surface area contributed by atoms with Gasteiger partial charge >= 0.3 is 0 Å². The van der Waals surface area contributed by atoms with Crippen molar-refractivity contribution >= 4 is 0 Å². The molecule has 0 unspecified atom stereocenters. The first-order valence-corrected chi connectivity index (χ1v) is 5.00. The van der Waals surface area contributed by atoms with Crippen LogP contribution in [0.5, 0.6) is 0 Å². The number of nitriles is 1. The molecule has 3 nitrogen and oxygen atoms in total. The molecule has 0 saturated heterocycles. The fourth-order valence-electron chi connectivity index (χ4n) is 1.31. The van der Waals surface area contributed by atoms with Gasteiger partial charge in [0.2, 0.25) is 0 Å². The average Bonchev–Trinajstić information content (AvgIpc) is 2.62. The SMILES string of the molecule is CCc1nccn1CCC(C)(C)C#N. The van der Waals surface area contributed by atoms with Gasteiger partial charge in [0.25, 0.3) is 0 Å². The highest BCUT2D eigenvalue weighted by Crippen LogP contribution is 2.19. The van der Waals surface area contributed by atoms with Gasteiger partial charge < -0.3 is 4.57 Å². The van der Waals surface area contributed by atoms with Crippen LogP contribution in [0.4, 0.5) is 0 Å². The molecular weight excluding hydrogens is 174 g/mol. The van der Waals surface area contributed by atoms with Gasteiger partial charge in [-0.05, 0) is 20.3 Å². The molecule has 0 bridgehead atoms. The Morgan fingerprint density at radius 1 is 1.57 bits per heavy atom. The van der Waals surface area contributed by atoms with Crippen molar-refractivity contribution in [3.8, 4) is 6.07 Å². The van der Waals surface area contributed by atoms with E-state index in [-0.39, 0.29) is 5.41 Å². The Morgan fingerprint density at radius 3 is 2.86 bits per heavy atom. The summed E-state index contributed by atoms with van der Waals surface area (Å²) in [6.45, 7) is 6.91. The van der Waals surface area contributed by atoms with E-state index in [1.165, 1.54) is 0 Å². The van der Waals surface area contributed by atoms with E-state index in [0.29, 0.717) is 0 Å². The van der Waals surface area contributed by atoms with Crippen LogP contribution in [0, 0.1) is 16.7 Å². The predicted octanol–water partition coefficient (Wildman–Crippen LogP) is 2.39. The number of imidazole rings is 1. The number of rotatable bonds is 4. The monoisotopic (exact) mass is 191 g/mol. The maximum atomic E-state index is 8.87. The third-order valence-corrected chi connectivity index (χ3v) is 2.40. The summed E-state index contributed by atoms with van der Waals surface area (Å²) in [4.78, 5) is 4.24. The van der Waals surface area contributed by atoms with Gasteiger partial charge in [-0.3, -0.25) is 0 Å². The minimum atomic E-state index is -0.241. The van der Waals surface area contributed by atoms with E-state index < -0.39 is 0 Å². The van der Waals surface area contributed by atoms with Crippen LogP contribution in [-0.2, 0) is 13.0 Å². The molecule has 0 aliphatic rings. The summed E-state index contributed by atoms with van der Waals surface area (Å²) >= 11 is 0. The van der Waals surface area contributed by atoms with Crippen LogP contribution in [0.15, 0.2) is 12.4 Å². The lowest BCUT2D eigenvalue weighted by atomic mass is 9.91. The van der Waals surface area contributed by atoms with E-state index in [1.807, 2.05) is 26.2 Å². The Bertz CT molecular complexity index is 331. The van der Waals surface area contributed by atoms with Crippen LogP contribution >= 0.6 is 0 Å². The van der Waals surface area contributed by atoms with Crippen molar-refractivity contribution in [1.29, 1.82) is 5.26 Å². The van der Waals surface area contributed by atoms with Gasteiger partial charge in [0.1, 0.15) is 5.82 Å². The fraction of sp³-hybridized carbons (Fsp3) is 0.636. The molecular formula is C11H17N3. The highest BCUT2D eigenvalue weighted by Gasteiger charge is 2.16. The topological polar surface area (TPSA) is 41.6 Å². The van der Waals surface area contributed by atoms with Gasteiger partial charge in [-0.25, -0.2) is 4.98 Å². The predicted molar refractivity (Wildman–Crippen MR) is 55.6 cm³/mol.